The van der Waals surface area contributed by atoms with E-state index in [0.717, 1.165) is 0 Å². The van der Waals surface area contributed by atoms with Crippen molar-refractivity contribution in [3.63, 3.8) is 0 Å². The first-order valence-corrected chi connectivity index (χ1v) is 6.20. The normalized spacial score (nSPS) is 15.2. The highest BCUT2D eigenvalue weighted by atomic mass is 16.5. The van der Waals surface area contributed by atoms with E-state index in [4.69, 9.17) is 19.9 Å². The van der Waals surface area contributed by atoms with Crippen LogP contribution in [0.2, 0.25) is 0 Å². The second-order valence-electron chi connectivity index (χ2n) is 4.31. The summed E-state index contributed by atoms with van der Waals surface area (Å²) in [4.78, 5) is 11.3. The third-order valence-electron chi connectivity index (χ3n) is 2.63. The number of nitrogens with one attached hydrogen (secondary N) is 1. The van der Waals surface area contributed by atoms with E-state index < -0.39 is 0 Å². The molecule has 1 aliphatic heterocycles. The average Bonchev–Trinajstić information content (AvgIpc) is 2.38. The molecule has 2 rings (SSSR count). The van der Waals surface area contributed by atoms with Crippen molar-refractivity contribution in [1.29, 1.82) is 0 Å². The van der Waals surface area contributed by atoms with Crippen LogP contribution in [0.5, 0.6) is 11.5 Å². The number of anilines is 2. The largest absolute Gasteiger partial charge is 0.486 e. The minimum Gasteiger partial charge on any atom is -0.486 e. The smallest absolute Gasteiger partial charge is 0.262 e. The SMILES string of the molecule is CCOCC(C)Oc1cc2c(cc1N)OCC(=O)N2. The maximum Gasteiger partial charge on any atom is 0.262 e. The molecule has 1 aliphatic rings. The van der Waals surface area contributed by atoms with Crippen LogP contribution in [0.15, 0.2) is 12.1 Å². The van der Waals surface area contributed by atoms with Crippen molar-refractivity contribution in [3.05, 3.63) is 12.1 Å². The van der Waals surface area contributed by atoms with Gasteiger partial charge in [0.2, 0.25) is 0 Å². The molecule has 0 aromatic heterocycles. The van der Waals surface area contributed by atoms with Crippen molar-refractivity contribution >= 4 is 17.3 Å². The van der Waals surface area contributed by atoms with E-state index in [0.29, 0.717) is 36.1 Å². The standard InChI is InChI=1S/C13H18N2O4/c1-3-17-6-8(2)19-11-5-10-12(4-9(11)14)18-7-13(16)15-10/h4-5,8H,3,6-7,14H2,1-2H3,(H,15,16). The summed E-state index contributed by atoms with van der Waals surface area (Å²) >= 11 is 0. The number of ether oxygens (including phenoxy) is 3. The Morgan fingerprint density at radius 2 is 2.32 bits per heavy atom. The van der Waals surface area contributed by atoms with E-state index in [-0.39, 0.29) is 18.6 Å². The molecule has 0 fully saturated rings. The van der Waals surface area contributed by atoms with Crippen LogP contribution < -0.4 is 20.5 Å². The summed E-state index contributed by atoms with van der Waals surface area (Å²) in [7, 11) is 0. The lowest BCUT2D eigenvalue weighted by Crippen LogP contribution is -2.26. The third-order valence-corrected chi connectivity index (χ3v) is 2.63. The Kier molecular flexibility index (Phi) is 4.11. The number of nitrogen functional groups attached to an aromatic ring is 1. The summed E-state index contributed by atoms with van der Waals surface area (Å²) in [6.45, 7) is 4.94. The van der Waals surface area contributed by atoms with E-state index in [1.807, 2.05) is 13.8 Å². The van der Waals surface area contributed by atoms with Crippen molar-refractivity contribution in [2.24, 2.45) is 0 Å². The zero-order chi connectivity index (χ0) is 13.8. The van der Waals surface area contributed by atoms with Gasteiger partial charge in [0.15, 0.2) is 6.61 Å². The predicted molar refractivity (Wildman–Crippen MR) is 71.6 cm³/mol. The van der Waals surface area contributed by atoms with Crippen LogP contribution in [-0.2, 0) is 9.53 Å². The molecule has 0 saturated carbocycles. The highest BCUT2D eigenvalue weighted by molar-refractivity contribution is 5.96. The van der Waals surface area contributed by atoms with Crippen LogP contribution >= 0.6 is 0 Å². The summed E-state index contributed by atoms with van der Waals surface area (Å²) in [5.74, 6) is 0.879. The first kappa shape index (κ1) is 13.5. The highest BCUT2D eigenvalue weighted by Crippen LogP contribution is 2.36. The quantitative estimate of drug-likeness (QED) is 0.787. The van der Waals surface area contributed by atoms with E-state index in [1.54, 1.807) is 12.1 Å². The summed E-state index contributed by atoms with van der Waals surface area (Å²) in [5.41, 5.74) is 6.94. The van der Waals surface area contributed by atoms with Crippen molar-refractivity contribution in [2.75, 3.05) is 30.9 Å². The molecular formula is C13H18N2O4. The molecule has 0 bridgehead atoms. The first-order chi connectivity index (χ1) is 9.10. The Labute approximate surface area is 111 Å². The van der Waals surface area contributed by atoms with Gasteiger partial charge in [-0.25, -0.2) is 0 Å². The molecule has 1 aromatic carbocycles. The first-order valence-electron chi connectivity index (χ1n) is 6.20. The summed E-state index contributed by atoms with van der Waals surface area (Å²) in [5, 5.41) is 2.71. The zero-order valence-electron chi connectivity index (χ0n) is 11.1. The zero-order valence-corrected chi connectivity index (χ0v) is 11.1. The average molecular weight is 266 g/mol. The Morgan fingerprint density at radius 3 is 3.05 bits per heavy atom. The van der Waals surface area contributed by atoms with Gasteiger partial charge in [-0.1, -0.05) is 0 Å². The van der Waals surface area contributed by atoms with Gasteiger partial charge in [-0.3, -0.25) is 4.79 Å². The summed E-state index contributed by atoms with van der Waals surface area (Å²) in [6.07, 6.45) is -0.125. The Bertz CT molecular complexity index is 476. The molecule has 19 heavy (non-hydrogen) atoms. The van der Waals surface area contributed by atoms with Gasteiger partial charge in [0.05, 0.1) is 18.0 Å². The van der Waals surface area contributed by atoms with Crippen LogP contribution in [0, 0.1) is 0 Å². The van der Waals surface area contributed by atoms with Gasteiger partial charge in [0.25, 0.3) is 5.91 Å². The number of benzene rings is 1. The molecule has 1 aromatic rings. The number of nitrogens with two attached hydrogens (primary N) is 1. The number of carbonyl (C=O) groups is 1. The van der Waals surface area contributed by atoms with E-state index in [1.165, 1.54) is 0 Å². The molecule has 1 heterocycles. The van der Waals surface area contributed by atoms with Gasteiger partial charge >= 0.3 is 0 Å². The van der Waals surface area contributed by atoms with Crippen LogP contribution in [0.1, 0.15) is 13.8 Å². The number of hydrogen-bond acceptors (Lipinski definition) is 5. The van der Waals surface area contributed by atoms with E-state index in [9.17, 15) is 4.79 Å². The van der Waals surface area contributed by atoms with Crippen molar-refractivity contribution in [2.45, 2.75) is 20.0 Å². The lowest BCUT2D eigenvalue weighted by Gasteiger charge is -2.21. The molecule has 0 aliphatic carbocycles. The molecule has 3 N–H and O–H groups in total. The molecule has 6 heteroatoms. The molecule has 1 atom stereocenters. The highest BCUT2D eigenvalue weighted by Gasteiger charge is 2.19. The molecule has 1 unspecified atom stereocenters. The fraction of sp³-hybridized carbons (Fsp3) is 0.462. The van der Waals surface area contributed by atoms with Gasteiger partial charge in [-0.15, -0.1) is 0 Å². The second-order valence-corrected chi connectivity index (χ2v) is 4.31. The second kappa shape index (κ2) is 5.79. The topological polar surface area (TPSA) is 82.8 Å². The number of rotatable bonds is 5. The fourth-order valence-electron chi connectivity index (χ4n) is 1.76. The minimum absolute atomic E-state index is 0.00733. The van der Waals surface area contributed by atoms with Crippen LogP contribution in [-0.4, -0.2) is 31.8 Å². The Hall–Kier alpha value is -1.95. The van der Waals surface area contributed by atoms with Crippen LogP contribution in [0.4, 0.5) is 11.4 Å². The Morgan fingerprint density at radius 1 is 1.53 bits per heavy atom. The molecule has 6 nitrogen and oxygen atoms in total. The fourth-order valence-corrected chi connectivity index (χ4v) is 1.76. The number of amides is 1. The van der Waals surface area contributed by atoms with Crippen LogP contribution in [0.25, 0.3) is 0 Å². The molecule has 0 spiro atoms. The van der Waals surface area contributed by atoms with E-state index >= 15 is 0 Å². The number of fused-ring (bicyclic) bond motifs is 1. The Balaban J connectivity index is 2.12. The van der Waals surface area contributed by atoms with Crippen molar-refractivity contribution < 1.29 is 19.0 Å². The van der Waals surface area contributed by atoms with Gasteiger partial charge in [0.1, 0.15) is 17.6 Å². The molecule has 0 radical (unpaired) electrons. The molecule has 0 saturated heterocycles. The van der Waals surface area contributed by atoms with Gasteiger partial charge < -0.3 is 25.3 Å². The monoisotopic (exact) mass is 266 g/mol. The third kappa shape index (κ3) is 3.29. The molecular weight excluding hydrogens is 248 g/mol. The van der Waals surface area contributed by atoms with Gasteiger partial charge in [-0.05, 0) is 13.8 Å². The molecule has 104 valence electrons. The van der Waals surface area contributed by atoms with Crippen LogP contribution in [0.3, 0.4) is 0 Å². The minimum atomic E-state index is -0.189. The van der Waals surface area contributed by atoms with Crippen molar-refractivity contribution in [3.8, 4) is 11.5 Å². The predicted octanol–water partition coefficient (Wildman–Crippen LogP) is 1.40. The lowest BCUT2D eigenvalue weighted by atomic mass is 10.2. The van der Waals surface area contributed by atoms with Gasteiger partial charge in [-0.2, -0.15) is 0 Å². The van der Waals surface area contributed by atoms with E-state index in [2.05, 4.69) is 5.32 Å². The van der Waals surface area contributed by atoms with Gasteiger partial charge in [0, 0.05) is 18.7 Å². The lowest BCUT2D eigenvalue weighted by molar-refractivity contribution is -0.118. The number of hydrogen-bond donors (Lipinski definition) is 2. The number of carbonyl (C=O) groups excluding carboxylic acids is 1. The van der Waals surface area contributed by atoms with Crippen molar-refractivity contribution in [1.82, 2.24) is 0 Å². The molecule has 1 amide bonds. The summed E-state index contributed by atoms with van der Waals surface area (Å²) < 4.78 is 16.2. The maximum absolute atomic E-state index is 11.3. The summed E-state index contributed by atoms with van der Waals surface area (Å²) in [6, 6.07) is 3.32. The maximum atomic E-state index is 11.3.